The molecule has 1 amide bonds. The van der Waals surface area contributed by atoms with Crippen molar-refractivity contribution in [2.24, 2.45) is 11.5 Å². The first-order chi connectivity index (χ1) is 16.4. The summed E-state index contributed by atoms with van der Waals surface area (Å²) in [6, 6.07) is 6.07. The zero-order chi connectivity index (χ0) is 24.5. The zero-order valence-corrected chi connectivity index (χ0v) is 24.9. The number of carbonyl (C=O) groups is 1. The molecule has 0 spiro atoms. The Labute approximate surface area is 240 Å². The van der Waals surface area contributed by atoms with Crippen LogP contribution in [-0.2, 0) is 4.79 Å². The smallest absolute Gasteiger partial charge is 1.00 e. The van der Waals surface area contributed by atoms with Gasteiger partial charge in [0.05, 0.1) is 0 Å². The number of aromatic nitrogens is 4. The maximum atomic E-state index is 12.6. The van der Waals surface area contributed by atoms with Crippen molar-refractivity contribution in [3.05, 3.63) is 78.8 Å². The van der Waals surface area contributed by atoms with Crippen molar-refractivity contribution < 1.29 is 49.6 Å². The number of rotatable bonds is 6. The minimum Gasteiger partial charge on any atom is 1.00 e. The molecule has 2 atom stereocenters. The van der Waals surface area contributed by atoms with Crippen molar-refractivity contribution in [3.63, 3.8) is 0 Å². The molecule has 173 valence electrons. The van der Waals surface area contributed by atoms with Gasteiger partial charge >= 0.3 is 242 Å². The summed E-state index contributed by atoms with van der Waals surface area (Å²) in [7, 11) is 0. The van der Waals surface area contributed by atoms with E-state index in [-0.39, 0.29) is 41.3 Å². The number of allylic oxidation sites excluding steroid dienone is 4. The molecule has 0 bridgehead atoms. The van der Waals surface area contributed by atoms with Crippen LogP contribution in [-0.4, -0.2) is 67.7 Å². The van der Waals surface area contributed by atoms with Gasteiger partial charge in [-0.1, -0.05) is 0 Å². The summed E-state index contributed by atoms with van der Waals surface area (Å²) in [6.45, 7) is 10.8. The van der Waals surface area contributed by atoms with Crippen LogP contribution in [0.3, 0.4) is 0 Å². The Morgan fingerprint density at radius 1 is 1.43 bits per heavy atom. The molecule has 2 aliphatic rings. The van der Waals surface area contributed by atoms with Crippen molar-refractivity contribution in [3.8, 4) is 6.01 Å². The number of hydrogen-bond acceptors (Lipinski definition) is 6. The van der Waals surface area contributed by atoms with E-state index in [0.717, 1.165) is 57.1 Å². The van der Waals surface area contributed by atoms with Gasteiger partial charge in [0.1, 0.15) is 0 Å². The van der Waals surface area contributed by atoms with Crippen molar-refractivity contribution in [1.29, 1.82) is 0 Å². The predicted molar refractivity (Wildman–Crippen MR) is 129 cm³/mol. The topological polar surface area (TPSA) is 133 Å². The second kappa shape index (κ2) is 11.5. The van der Waals surface area contributed by atoms with Crippen molar-refractivity contribution in [2.75, 3.05) is 6.61 Å². The fraction of sp³-hybridized carbons (Fsp3) is 0.167. The number of carbonyl (C=O) groups excluding carboxylic acids is 1. The van der Waals surface area contributed by atoms with Crippen LogP contribution in [0.5, 0.6) is 6.01 Å². The Bertz CT molecular complexity index is 1370. The molecule has 5 N–H and O–H groups in total. The summed E-state index contributed by atoms with van der Waals surface area (Å²) < 4.78 is 6.47. The van der Waals surface area contributed by atoms with Gasteiger partial charge < -0.3 is 0 Å². The van der Waals surface area contributed by atoms with Crippen molar-refractivity contribution in [1.82, 2.24) is 20.2 Å². The minimum atomic E-state index is -0.797. The number of H-pyrrole nitrogens is 1. The normalized spacial score (nSPS) is 20.1. The van der Waals surface area contributed by atoms with E-state index in [9.17, 15) is 4.79 Å². The Hall–Kier alpha value is -1.87. The number of nitrogens with zero attached hydrogens (tertiary/aromatic N) is 3. The van der Waals surface area contributed by atoms with Gasteiger partial charge in [-0.25, -0.2) is 0 Å². The van der Waals surface area contributed by atoms with E-state index in [0.29, 0.717) is 11.4 Å². The van der Waals surface area contributed by atoms with Gasteiger partial charge in [0.15, 0.2) is 0 Å². The summed E-state index contributed by atoms with van der Waals surface area (Å²) in [6.07, 6.45) is 7.02. The van der Waals surface area contributed by atoms with Gasteiger partial charge in [-0.3, -0.25) is 0 Å². The Morgan fingerprint density at radius 2 is 2.17 bits per heavy atom. The second-order valence-corrected chi connectivity index (χ2v) is 12.2. The summed E-state index contributed by atoms with van der Waals surface area (Å²) in [5.74, 6) is -0.374. The number of benzene rings is 1. The third-order valence-electron chi connectivity index (χ3n) is 5.57. The molecule has 1 radical (unpaired) electrons. The van der Waals surface area contributed by atoms with Crippen LogP contribution in [0.4, 0.5) is 0 Å². The van der Waals surface area contributed by atoms with Crippen LogP contribution in [0.15, 0.2) is 48.4 Å². The summed E-state index contributed by atoms with van der Waals surface area (Å²) >= 11 is 0.530. The van der Waals surface area contributed by atoms with E-state index in [2.05, 4.69) is 27.1 Å². The first-order valence-corrected chi connectivity index (χ1v) is 14.5. The van der Waals surface area contributed by atoms with Gasteiger partial charge in [-0.15, -0.1) is 0 Å². The number of halogens is 1. The maximum absolute atomic E-state index is 12.6. The fourth-order valence-electron chi connectivity index (χ4n) is 3.98. The third kappa shape index (κ3) is 5.03. The van der Waals surface area contributed by atoms with Crippen molar-refractivity contribution >= 4 is 55.6 Å². The van der Waals surface area contributed by atoms with E-state index in [1.54, 1.807) is 18.5 Å². The molecule has 1 saturated heterocycles. The Kier molecular flexibility index (Phi) is 9.07. The molecule has 5 rings (SSSR count). The maximum Gasteiger partial charge on any atom is 1.00 e. The molecule has 0 saturated carbocycles. The molecule has 3 aromatic rings. The molecular weight excluding hydrogens is 653 g/mol. The van der Waals surface area contributed by atoms with Gasteiger partial charge in [-0.05, 0) is 0 Å². The number of nitrogens with one attached hydrogen (secondary N) is 1. The van der Waals surface area contributed by atoms with Crippen LogP contribution < -0.4 is 56.3 Å². The molecule has 1 fully saturated rings. The second-order valence-electron chi connectivity index (χ2n) is 7.52. The molecule has 1 aliphatic heterocycles. The number of fused-ring (bicyclic) bond motifs is 2. The van der Waals surface area contributed by atoms with Gasteiger partial charge in [0.25, 0.3) is 0 Å². The number of aryl methyl sites for hydroxylation is 1. The monoisotopic (exact) mass is 675 g/mol. The molecule has 1 aromatic carbocycles. The minimum absolute atomic E-state index is 0. The predicted octanol–water partition coefficient (Wildman–Crippen LogP) is -4.71. The fourth-order valence-corrected chi connectivity index (χ4v) is 7.53. The molecular formula is C24H22IInLiN6O2-2. The van der Waals surface area contributed by atoms with Gasteiger partial charge in [-0.2, -0.15) is 0 Å². The van der Waals surface area contributed by atoms with Gasteiger partial charge in [0, 0.05) is 0 Å². The SMILES string of the molecule is [CH-]=C[CH]=[In].[CH2-]COc1nccc(C2=CC(c3c(C)ccc4[nH]ncc34)=C(N)C3(C(N)=O)[I-]C23)n1.[Li+]. The van der Waals surface area contributed by atoms with E-state index < -0.39 is 24.6 Å². The molecule has 2 unspecified atom stereocenters. The largest absolute Gasteiger partial charge is 1.00 e. The molecule has 35 heavy (non-hydrogen) atoms. The molecule has 2 aromatic heterocycles. The molecule has 11 heteroatoms. The Morgan fingerprint density at radius 3 is 2.83 bits per heavy atom. The third-order valence-corrected chi connectivity index (χ3v) is 10.5. The first-order valence-electron chi connectivity index (χ1n) is 10.3. The van der Waals surface area contributed by atoms with Crippen LogP contribution in [0.2, 0.25) is 0 Å². The summed E-state index contributed by atoms with van der Waals surface area (Å²) in [4.78, 5) is 21.2. The number of ether oxygens (including phenoxy) is 1. The number of aromatic amines is 1. The standard InChI is InChI=1S/C21H19IN6O2.C3H3.In.Li/c1-3-30-20-25-7-6-14(27-20)11-8-12(18(23)21(19(24)29)17(11)22-21)16-10(2)4-5-15-13(16)9-26-28-15;1-3-2;;/h4-9,17H,1,3,23H2,2H3,(H2,24,29)(H,26,28);1-3H;;/q-2;-1;;+1. The van der Waals surface area contributed by atoms with Crippen LogP contribution >= 0.6 is 0 Å². The Balaban J connectivity index is 0.000000638. The number of alkyl halides is 2. The molecule has 8 nitrogen and oxygen atoms in total. The van der Waals surface area contributed by atoms with Crippen molar-refractivity contribution in [2.45, 2.75) is 14.3 Å². The summed E-state index contributed by atoms with van der Waals surface area (Å²) in [5.41, 5.74) is 18.4. The van der Waals surface area contributed by atoms with Crippen LogP contribution in [0.25, 0.3) is 22.0 Å². The quantitative estimate of drug-likeness (QED) is 0.104. The molecule has 3 heterocycles. The van der Waals surface area contributed by atoms with Crippen LogP contribution in [0.1, 0.15) is 16.8 Å². The number of primary amides is 1. The number of hydrogen-bond donors (Lipinski definition) is 3. The summed E-state index contributed by atoms with van der Waals surface area (Å²) in [5, 5.41) is 8.12. The van der Waals surface area contributed by atoms with E-state index in [1.807, 2.05) is 35.0 Å². The number of amides is 1. The van der Waals surface area contributed by atoms with E-state index >= 15 is 0 Å². The average molecular weight is 675 g/mol. The average Bonchev–Trinajstić information content (AvgIpc) is 3.44. The van der Waals surface area contributed by atoms with Crippen LogP contribution in [0, 0.1) is 20.4 Å². The van der Waals surface area contributed by atoms with E-state index in [1.165, 1.54) is 0 Å². The van der Waals surface area contributed by atoms with Gasteiger partial charge in [0.2, 0.25) is 0 Å². The first kappa shape index (κ1) is 27.7. The van der Waals surface area contributed by atoms with E-state index in [4.69, 9.17) is 22.8 Å². The zero-order valence-electron chi connectivity index (χ0n) is 19.5. The molecule has 1 aliphatic carbocycles. The number of nitrogens with two attached hydrogens (primary N) is 2.